The first-order chi connectivity index (χ1) is 32.4. The zero-order chi connectivity index (χ0) is 51.7. The topological polar surface area (TPSA) is 93.1 Å². The van der Waals surface area contributed by atoms with Crippen molar-refractivity contribution < 1.29 is 29.3 Å². The van der Waals surface area contributed by atoms with Crippen LogP contribution in [0.5, 0.6) is 11.5 Å². The number of esters is 2. The van der Waals surface area contributed by atoms with E-state index in [2.05, 4.69) is 96.9 Å². The van der Waals surface area contributed by atoms with Crippen LogP contribution < -0.4 is 0 Å². The average molecular weight is 998 g/mol. The van der Waals surface area contributed by atoms with Crippen LogP contribution in [0.4, 0.5) is 0 Å². The number of phenols is 2. The summed E-state index contributed by atoms with van der Waals surface area (Å²) in [6, 6.07) is 7.90. The smallest absolute Gasteiger partial charge is 0.324 e. The van der Waals surface area contributed by atoms with Crippen molar-refractivity contribution in [2.45, 2.75) is 260 Å². The Morgan fingerprint density at radius 1 is 0.406 bits per heavy atom. The molecule has 0 saturated carbocycles. The Kier molecular flexibility index (Phi) is 28.5. The Balaban J connectivity index is 2.50. The summed E-state index contributed by atoms with van der Waals surface area (Å²) in [6.45, 7) is 29.8. The molecule has 2 N–H and O–H groups in total. The normalized spacial score (nSPS) is 12.7. The highest BCUT2D eigenvalue weighted by atomic mass is 32.2. The van der Waals surface area contributed by atoms with Gasteiger partial charge in [0.15, 0.2) is 5.41 Å². The van der Waals surface area contributed by atoms with Crippen LogP contribution in [0.2, 0.25) is 0 Å². The van der Waals surface area contributed by atoms with Crippen LogP contribution in [0.3, 0.4) is 0 Å². The van der Waals surface area contributed by atoms with E-state index in [0.29, 0.717) is 11.5 Å². The lowest BCUT2D eigenvalue weighted by Gasteiger charge is -2.33. The van der Waals surface area contributed by atoms with Crippen molar-refractivity contribution in [1.29, 1.82) is 0 Å². The number of carbonyl (C=O) groups is 2. The number of benzene rings is 2. The first-order valence-electron chi connectivity index (χ1n) is 27.6. The number of thioether (sulfide) groups is 2. The molecule has 0 aliphatic rings. The molecular formula is C61H104O6S2. The Hall–Kier alpha value is -2.32. The lowest BCUT2D eigenvalue weighted by atomic mass is 9.71. The molecule has 0 radical (unpaired) electrons. The van der Waals surface area contributed by atoms with Crippen molar-refractivity contribution in [3.8, 4) is 11.5 Å². The van der Waals surface area contributed by atoms with Crippen LogP contribution in [-0.2, 0) is 53.6 Å². The van der Waals surface area contributed by atoms with Crippen molar-refractivity contribution in [2.75, 3.05) is 36.2 Å². The second-order valence-corrected chi connectivity index (χ2v) is 26.8. The predicted molar refractivity (Wildman–Crippen MR) is 301 cm³/mol. The number of carbonyl (C=O) groups excluding carboxylic acids is 2. The van der Waals surface area contributed by atoms with Crippen molar-refractivity contribution in [1.82, 2.24) is 0 Å². The highest BCUT2D eigenvalue weighted by molar-refractivity contribution is 7.99. The van der Waals surface area contributed by atoms with E-state index in [1.54, 1.807) is 23.5 Å². The molecule has 0 unspecified atom stereocenters. The van der Waals surface area contributed by atoms with E-state index in [1.165, 1.54) is 116 Å². The van der Waals surface area contributed by atoms with E-state index in [4.69, 9.17) is 9.47 Å². The van der Waals surface area contributed by atoms with Gasteiger partial charge < -0.3 is 19.7 Å². The van der Waals surface area contributed by atoms with Gasteiger partial charge in [-0.25, -0.2) is 0 Å². The summed E-state index contributed by atoms with van der Waals surface area (Å²) >= 11 is 3.60. The zero-order valence-electron chi connectivity index (χ0n) is 47.0. The van der Waals surface area contributed by atoms with Crippen LogP contribution in [0.15, 0.2) is 24.3 Å². The highest BCUT2D eigenvalue weighted by Gasteiger charge is 2.50. The number of rotatable bonds is 34. The molecular weight excluding hydrogens is 893 g/mol. The van der Waals surface area contributed by atoms with Gasteiger partial charge in [0.25, 0.3) is 0 Å². The molecule has 0 atom stereocenters. The van der Waals surface area contributed by atoms with E-state index in [9.17, 15) is 10.2 Å². The fourth-order valence-electron chi connectivity index (χ4n) is 9.26. The minimum atomic E-state index is -1.75. The van der Waals surface area contributed by atoms with Gasteiger partial charge >= 0.3 is 11.9 Å². The molecule has 2 rings (SSSR count). The molecule has 0 aliphatic carbocycles. The van der Waals surface area contributed by atoms with E-state index >= 15 is 9.59 Å². The Morgan fingerprint density at radius 3 is 0.899 bits per heavy atom. The second kappa shape index (κ2) is 31.3. The lowest BCUT2D eigenvalue weighted by molar-refractivity contribution is -0.172. The molecule has 0 saturated heterocycles. The summed E-state index contributed by atoms with van der Waals surface area (Å²) in [5, 5.41) is 23.5. The fourth-order valence-corrected chi connectivity index (χ4v) is 10.9. The molecule has 2 aromatic carbocycles. The van der Waals surface area contributed by atoms with Gasteiger partial charge in [0.2, 0.25) is 0 Å². The molecule has 2 aromatic rings. The summed E-state index contributed by atoms with van der Waals surface area (Å²) < 4.78 is 12.5. The van der Waals surface area contributed by atoms with Crippen molar-refractivity contribution in [3.05, 3.63) is 57.6 Å². The molecule has 6 nitrogen and oxygen atoms in total. The first kappa shape index (κ1) is 62.8. The molecule has 0 heterocycles. The molecule has 0 bridgehead atoms. The quantitative estimate of drug-likeness (QED) is 0.0407. The molecule has 0 fully saturated rings. The summed E-state index contributed by atoms with van der Waals surface area (Å²) in [4.78, 5) is 30.4. The van der Waals surface area contributed by atoms with Gasteiger partial charge in [0, 0.05) is 11.5 Å². The monoisotopic (exact) mass is 997 g/mol. The minimum absolute atomic E-state index is 0.0329. The van der Waals surface area contributed by atoms with Gasteiger partial charge in [-0.05, 0) is 92.2 Å². The van der Waals surface area contributed by atoms with Gasteiger partial charge in [-0.1, -0.05) is 237 Å². The third kappa shape index (κ3) is 23.0. The average Bonchev–Trinajstić information content (AvgIpc) is 3.25. The van der Waals surface area contributed by atoms with Crippen molar-refractivity contribution >= 4 is 35.5 Å². The number of ether oxygens (including phenoxy) is 2. The maximum Gasteiger partial charge on any atom is 0.324 e. The van der Waals surface area contributed by atoms with Gasteiger partial charge in [-0.3, -0.25) is 9.59 Å². The lowest BCUT2D eigenvalue weighted by Crippen LogP contribution is -2.46. The largest absolute Gasteiger partial charge is 0.507 e. The summed E-state index contributed by atoms with van der Waals surface area (Å²) in [7, 11) is 0. The first-order valence-corrected chi connectivity index (χ1v) is 29.9. The van der Waals surface area contributed by atoms with Crippen LogP contribution >= 0.6 is 23.5 Å². The number of hydrogen-bond acceptors (Lipinski definition) is 8. The van der Waals surface area contributed by atoms with Crippen LogP contribution in [0.25, 0.3) is 0 Å². The third-order valence-electron chi connectivity index (χ3n) is 13.6. The summed E-state index contributed by atoms with van der Waals surface area (Å²) in [5.41, 5.74) is 1.20. The Labute approximate surface area is 433 Å². The zero-order valence-corrected chi connectivity index (χ0v) is 48.6. The predicted octanol–water partition coefficient (Wildman–Crippen LogP) is 17.5. The Bertz CT molecular complexity index is 1570. The van der Waals surface area contributed by atoms with Crippen molar-refractivity contribution in [3.63, 3.8) is 0 Å². The van der Waals surface area contributed by atoms with Gasteiger partial charge in [-0.15, -0.1) is 0 Å². The van der Waals surface area contributed by atoms with Crippen LogP contribution in [-0.4, -0.2) is 58.4 Å². The van der Waals surface area contributed by atoms with Crippen LogP contribution in [0.1, 0.15) is 259 Å². The molecule has 0 aromatic heterocycles. The molecule has 69 heavy (non-hydrogen) atoms. The minimum Gasteiger partial charge on any atom is -0.507 e. The molecule has 0 amide bonds. The van der Waals surface area contributed by atoms with Gasteiger partial charge in [-0.2, -0.15) is 23.5 Å². The van der Waals surface area contributed by atoms with Crippen molar-refractivity contribution in [2.24, 2.45) is 5.41 Å². The number of unbranched alkanes of at least 4 members (excludes halogenated alkanes) is 18. The highest BCUT2D eigenvalue weighted by Crippen LogP contribution is 2.44. The van der Waals surface area contributed by atoms with Gasteiger partial charge in [0.1, 0.15) is 24.7 Å². The van der Waals surface area contributed by atoms with E-state index in [0.717, 1.165) is 57.7 Å². The molecule has 0 aliphatic heterocycles. The molecule has 0 spiro atoms. The van der Waals surface area contributed by atoms with E-state index in [-0.39, 0.29) is 37.6 Å². The maximum absolute atomic E-state index is 15.2. The number of phenolic OH excluding ortho intramolecular Hbond substituents is 2. The second-order valence-electron chi connectivity index (χ2n) is 24.4. The van der Waals surface area contributed by atoms with Crippen LogP contribution in [0, 0.1) is 5.41 Å². The maximum atomic E-state index is 15.2. The number of hydrogen-bond donors (Lipinski definition) is 2. The summed E-state index contributed by atoms with van der Waals surface area (Å²) in [6.07, 6.45) is 26.0. The van der Waals surface area contributed by atoms with E-state index < -0.39 is 39.0 Å². The molecule has 8 heteroatoms. The summed E-state index contributed by atoms with van der Waals surface area (Å²) in [5.74, 6) is 2.63. The van der Waals surface area contributed by atoms with Gasteiger partial charge in [0.05, 0.1) is 0 Å². The Morgan fingerprint density at radius 2 is 0.652 bits per heavy atom. The molecule has 396 valence electrons. The fraction of sp³-hybridized carbons (Fsp3) is 0.770. The number of aromatic hydroxyl groups is 2. The third-order valence-corrected chi connectivity index (χ3v) is 15.6. The van der Waals surface area contributed by atoms with E-state index in [1.807, 2.05) is 24.3 Å². The SMILES string of the molecule is CCCCCCCCCCCCSCCOC(=O)C(Cc1cc(C(C)(C)C)c(O)c(C(C)(C)C)c1)(Cc1cc(C(C)(C)C)c(O)c(C(C)(C)C)c1)C(=O)OCCSCCCCCCCCCCCC. The standard InChI is InChI=1S/C61H104O6S2/c1-15-17-19-21-23-25-27-29-31-33-37-68-39-35-66-55(64)61(45-47-41-49(57(3,4)5)53(62)50(42-47)58(6,7)8,46-48-43-51(59(9,10)11)54(63)52(44-48)60(12,13)14)56(65)67-36-40-69-38-34-32-30-28-26-24-22-20-18-16-2/h41-44,62-63H,15-40,45-46H2,1-14H3.